The van der Waals surface area contributed by atoms with Gasteiger partial charge in [0.15, 0.2) is 6.61 Å². The van der Waals surface area contributed by atoms with E-state index in [4.69, 9.17) is 4.74 Å². The monoisotopic (exact) mass is 418 g/mol. The van der Waals surface area contributed by atoms with Crippen molar-refractivity contribution in [1.29, 1.82) is 0 Å². The van der Waals surface area contributed by atoms with Gasteiger partial charge in [-0.1, -0.05) is 48.5 Å². The molecule has 3 rings (SSSR count). The number of nitrogens with one attached hydrogen (secondary N) is 1. The topological polar surface area (TPSA) is 77.4 Å². The molecule has 0 aliphatic carbocycles. The molecule has 0 unspecified atom stereocenters. The van der Waals surface area contributed by atoms with E-state index < -0.39 is 12.0 Å². The molecule has 0 saturated carbocycles. The highest BCUT2D eigenvalue weighted by atomic mass is 16.5. The minimum absolute atomic E-state index is 0.276. The molecule has 0 radical (unpaired) electrons. The molecule has 0 fully saturated rings. The summed E-state index contributed by atoms with van der Waals surface area (Å²) in [5, 5.41) is 2.58. The summed E-state index contributed by atoms with van der Waals surface area (Å²) in [6.07, 6.45) is 0. The molecule has 6 heteroatoms. The Balaban J connectivity index is 1.58. The van der Waals surface area contributed by atoms with Gasteiger partial charge in [0.2, 0.25) is 5.78 Å². The van der Waals surface area contributed by atoms with Gasteiger partial charge in [0.05, 0.1) is 0 Å². The molecule has 2 aromatic carbocycles. The first-order valence-corrected chi connectivity index (χ1v) is 10.1. The van der Waals surface area contributed by atoms with E-state index in [0.29, 0.717) is 17.7 Å². The van der Waals surface area contributed by atoms with Crippen molar-refractivity contribution in [3.05, 3.63) is 94.8 Å². The minimum Gasteiger partial charge on any atom is -0.456 e. The number of amides is 1. The van der Waals surface area contributed by atoms with Crippen LogP contribution in [-0.4, -0.2) is 34.9 Å². The molecule has 1 atom stereocenters. The third-order valence-electron chi connectivity index (χ3n) is 5.14. The number of aryl methyl sites for hydroxylation is 1. The van der Waals surface area contributed by atoms with E-state index in [9.17, 15) is 14.4 Å². The number of hydrogen-bond donors (Lipinski definition) is 1. The average Bonchev–Trinajstić information content (AvgIpc) is 3.06. The minimum atomic E-state index is -0.869. The standard InChI is InChI=1S/C25H26N2O4/c1-17-14-22(19(3)27(17)15-20-10-6-4-7-11-20)23(28)16-31-25(30)18(2)26-24(29)21-12-8-5-9-13-21/h4-14,18H,15-16H2,1-3H3,(H,26,29)/t18-/m0/s1. The van der Waals surface area contributed by atoms with Crippen molar-refractivity contribution in [2.75, 3.05) is 6.61 Å². The number of carbonyl (C=O) groups excluding carboxylic acids is 3. The van der Waals surface area contributed by atoms with Crippen molar-refractivity contribution in [2.24, 2.45) is 0 Å². The van der Waals surface area contributed by atoms with E-state index in [0.717, 1.165) is 17.0 Å². The van der Waals surface area contributed by atoms with Gasteiger partial charge < -0.3 is 14.6 Å². The van der Waals surface area contributed by atoms with Gasteiger partial charge in [-0.15, -0.1) is 0 Å². The summed E-state index contributed by atoms with van der Waals surface area (Å²) in [5.41, 5.74) is 3.90. The smallest absolute Gasteiger partial charge is 0.328 e. The van der Waals surface area contributed by atoms with Crippen LogP contribution in [0.5, 0.6) is 0 Å². The van der Waals surface area contributed by atoms with Crippen LogP contribution in [-0.2, 0) is 16.1 Å². The van der Waals surface area contributed by atoms with Crippen molar-refractivity contribution in [3.63, 3.8) is 0 Å². The molecule has 1 aromatic heterocycles. The van der Waals surface area contributed by atoms with Gasteiger partial charge in [0.1, 0.15) is 6.04 Å². The van der Waals surface area contributed by atoms with E-state index in [-0.39, 0.29) is 18.3 Å². The zero-order chi connectivity index (χ0) is 22.4. The Bertz CT molecular complexity index is 1070. The molecular weight excluding hydrogens is 392 g/mol. The van der Waals surface area contributed by atoms with Crippen molar-refractivity contribution < 1.29 is 19.1 Å². The predicted molar refractivity (Wildman–Crippen MR) is 118 cm³/mol. The van der Waals surface area contributed by atoms with Gasteiger partial charge in [-0.2, -0.15) is 0 Å². The number of Topliss-reactive ketones (excluding diaryl/α,β-unsaturated/α-hetero) is 1. The van der Waals surface area contributed by atoms with Crippen LogP contribution in [0.15, 0.2) is 66.7 Å². The van der Waals surface area contributed by atoms with Gasteiger partial charge >= 0.3 is 5.97 Å². The van der Waals surface area contributed by atoms with Crippen molar-refractivity contribution in [3.8, 4) is 0 Å². The summed E-state index contributed by atoms with van der Waals surface area (Å²) in [4.78, 5) is 37.1. The fraction of sp³-hybridized carbons (Fsp3) is 0.240. The van der Waals surface area contributed by atoms with E-state index in [1.54, 1.807) is 30.3 Å². The Morgan fingerprint density at radius 3 is 2.23 bits per heavy atom. The Morgan fingerprint density at radius 1 is 0.968 bits per heavy atom. The number of ether oxygens (including phenoxy) is 1. The molecule has 0 aliphatic rings. The average molecular weight is 418 g/mol. The molecule has 0 bridgehead atoms. The van der Waals surface area contributed by atoms with Crippen LogP contribution in [0.3, 0.4) is 0 Å². The summed E-state index contributed by atoms with van der Waals surface area (Å²) in [5.74, 6) is -1.31. The zero-order valence-corrected chi connectivity index (χ0v) is 17.9. The number of hydrogen-bond acceptors (Lipinski definition) is 4. The summed E-state index contributed by atoms with van der Waals surface area (Å²) < 4.78 is 7.23. The summed E-state index contributed by atoms with van der Waals surface area (Å²) in [6, 6.07) is 19.5. The lowest BCUT2D eigenvalue weighted by atomic mass is 10.1. The number of carbonyl (C=O) groups is 3. The Morgan fingerprint density at radius 2 is 1.58 bits per heavy atom. The lowest BCUT2D eigenvalue weighted by Crippen LogP contribution is -2.40. The molecule has 160 valence electrons. The number of aromatic nitrogens is 1. The first kappa shape index (κ1) is 22.0. The maximum atomic E-state index is 12.7. The second kappa shape index (κ2) is 9.89. The lowest BCUT2D eigenvalue weighted by molar-refractivity contribution is -0.144. The zero-order valence-electron chi connectivity index (χ0n) is 17.9. The SMILES string of the molecule is Cc1cc(C(=O)COC(=O)[C@H](C)NC(=O)c2ccccc2)c(C)n1Cc1ccccc1. The Hall–Kier alpha value is -3.67. The lowest BCUT2D eigenvalue weighted by Gasteiger charge is -2.13. The third-order valence-corrected chi connectivity index (χ3v) is 5.14. The molecule has 0 aliphatic heterocycles. The van der Waals surface area contributed by atoms with Crippen LogP contribution in [0.25, 0.3) is 0 Å². The third kappa shape index (κ3) is 5.48. The van der Waals surface area contributed by atoms with Crippen LogP contribution in [0.4, 0.5) is 0 Å². The van der Waals surface area contributed by atoms with Crippen molar-refractivity contribution in [1.82, 2.24) is 9.88 Å². The van der Waals surface area contributed by atoms with Gasteiger partial charge in [-0.25, -0.2) is 4.79 Å². The quantitative estimate of drug-likeness (QED) is 0.447. The van der Waals surface area contributed by atoms with E-state index >= 15 is 0 Å². The maximum Gasteiger partial charge on any atom is 0.328 e. The second-order valence-electron chi connectivity index (χ2n) is 7.45. The fourth-order valence-electron chi connectivity index (χ4n) is 3.36. The molecule has 1 amide bonds. The molecule has 31 heavy (non-hydrogen) atoms. The molecule has 1 N–H and O–H groups in total. The van der Waals surface area contributed by atoms with Crippen LogP contribution in [0, 0.1) is 13.8 Å². The normalized spacial score (nSPS) is 11.6. The number of esters is 1. The van der Waals surface area contributed by atoms with Crippen LogP contribution in [0.2, 0.25) is 0 Å². The number of nitrogens with zero attached hydrogens (tertiary/aromatic N) is 1. The molecule has 0 saturated heterocycles. The second-order valence-corrected chi connectivity index (χ2v) is 7.45. The first-order valence-electron chi connectivity index (χ1n) is 10.1. The van der Waals surface area contributed by atoms with Crippen LogP contribution >= 0.6 is 0 Å². The molecule has 0 spiro atoms. The van der Waals surface area contributed by atoms with Gasteiger partial charge in [-0.3, -0.25) is 9.59 Å². The van der Waals surface area contributed by atoms with E-state index in [1.807, 2.05) is 50.2 Å². The molecule has 3 aromatic rings. The fourth-order valence-corrected chi connectivity index (χ4v) is 3.36. The van der Waals surface area contributed by atoms with Gasteiger partial charge in [0.25, 0.3) is 5.91 Å². The Kier molecular flexibility index (Phi) is 7.03. The number of rotatable bonds is 8. The Labute approximate surface area is 181 Å². The van der Waals surface area contributed by atoms with E-state index in [1.165, 1.54) is 6.92 Å². The number of ketones is 1. The highest BCUT2D eigenvalue weighted by Gasteiger charge is 2.21. The molecule has 6 nitrogen and oxygen atoms in total. The largest absolute Gasteiger partial charge is 0.456 e. The molecular formula is C25H26N2O4. The van der Waals surface area contributed by atoms with Crippen LogP contribution < -0.4 is 5.32 Å². The predicted octanol–water partition coefficient (Wildman–Crippen LogP) is 3.70. The summed E-state index contributed by atoms with van der Waals surface area (Å²) >= 11 is 0. The van der Waals surface area contributed by atoms with Gasteiger partial charge in [-0.05, 0) is 44.5 Å². The summed E-state index contributed by atoms with van der Waals surface area (Å²) in [6.45, 7) is 5.64. The van der Waals surface area contributed by atoms with Crippen molar-refractivity contribution in [2.45, 2.75) is 33.4 Å². The molecule has 1 heterocycles. The highest BCUT2D eigenvalue weighted by molar-refractivity contribution is 6.00. The van der Waals surface area contributed by atoms with Crippen LogP contribution in [0.1, 0.15) is 44.6 Å². The summed E-state index contributed by atoms with van der Waals surface area (Å²) in [7, 11) is 0. The first-order chi connectivity index (χ1) is 14.9. The van der Waals surface area contributed by atoms with Gasteiger partial charge in [0, 0.05) is 29.1 Å². The number of benzene rings is 2. The maximum absolute atomic E-state index is 12.7. The highest BCUT2D eigenvalue weighted by Crippen LogP contribution is 2.18. The van der Waals surface area contributed by atoms with E-state index in [2.05, 4.69) is 9.88 Å². The van der Waals surface area contributed by atoms with Crippen molar-refractivity contribution >= 4 is 17.7 Å².